The average molecular weight is 229 g/mol. The van der Waals surface area contributed by atoms with E-state index in [0.717, 1.165) is 19.3 Å². The molecule has 0 heterocycles. The first kappa shape index (κ1) is 13.3. The van der Waals surface area contributed by atoms with Crippen LogP contribution in [0.4, 0.5) is 4.79 Å². The van der Waals surface area contributed by atoms with Crippen molar-refractivity contribution in [2.75, 3.05) is 7.05 Å². The van der Waals surface area contributed by atoms with Crippen LogP contribution in [0.2, 0.25) is 0 Å². The van der Waals surface area contributed by atoms with Crippen molar-refractivity contribution < 1.29 is 14.6 Å². The van der Waals surface area contributed by atoms with E-state index in [0.29, 0.717) is 6.42 Å². The molecule has 0 radical (unpaired) electrons. The summed E-state index contributed by atoms with van der Waals surface area (Å²) in [6, 6.07) is 0.110. The number of rotatable bonds is 1. The molecular weight excluding hydrogens is 206 g/mol. The molecule has 1 aliphatic carbocycles. The van der Waals surface area contributed by atoms with E-state index in [9.17, 15) is 9.90 Å². The summed E-state index contributed by atoms with van der Waals surface area (Å²) in [5.74, 6) is 0. The maximum atomic E-state index is 11.8. The van der Waals surface area contributed by atoms with Crippen molar-refractivity contribution in [3.05, 3.63) is 0 Å². The van der Waals surface area contributed by atoms with Crippen molar-refractivity contribution in [1.82, 2.24) is 4.90 Å². The molecule has 0 saturated heterocycles. The number of ether oxygens (including phenoxy) is 1. The summed E-state index contributed by atoms with van der Waals surface area (Å²) in [6.07, 6.45) is 2.86. The van der Waals surface area contributed by atoms with Crippen LogP contribution in [-0.4, -0.2) is 40.9 Å². The molecule has 1 rings (SSSR count). The smallest absolute Gasteiger partial charge is 0.410 e. The Kier molecular flexibility index (Phi) is 4.19. The van der Waals surface area contributed by atoms with E-state index in [2.05, 4.69) is 0 Å². The third-order valence-electron chi connectivity index (χ3n) is 2.85. The normalized spacial score (nSPS) is 26.3. The van der Waals surface area contributed by atoms with Crippen LogP contribution in [0.15, 0.2) is 0 Å². The Morgan fingerprint density at radius 2 is 2.00 bits per heavy atom. The first-order chi connectivity index (χ1) is 7.29. The second-order valence-electron chi connectivity index (χ2n) is 5.57. The van der Waals surface area contributed by atoms with Crippen molar-refractivity contribution in [3.8, 4) is 0 Å². The number of carbonyl (C=O) groups is 1. The first-order valence-corrected chi connectivity index (χ1v) is 5.93. The monoisotopic (exact) mass is 229 g/mol. The molecule has 4 nitrogen and oxygen atoms in total. The lowest BCUT2D eigenvalue weighted by Crippen LogP contribution is -2.43. The van der Waals surface area contributed by atoms with Gasteiger partial charge in [-0.25, -0.2) is 4.79 Å². The van der Waals surface area contributed by atoms with Crippen molar-refractivity contribution >= 4 is 6.09 Å². The Labute approximate surface area is 97.6 Å². The molecule has 2 atom stereocenters. The van der Waals surface area contributed by atoms with Gasteiger partial charge in [-0.05, 0) is 46.5 Å². The van der Waals surface area contributed by atoms with Crippen LogP contribution < -0.4 is 0 Å². The number of carbonyl (C=O) groups excluding carboxylic acids is 1. The largest absolute Gasteiger partial charge is 0.444 e. The zero-order chi connectivity index (χ0) is 12.3. The van der Waals surface area contributed by atoms with E-state index in [1.54, 1.807) is 11.9 Å². The summed E-state index contributed by atoms with van der Waals surface area (Å²) in [5, 5.41) is 9.56. The summed E-state index contributed by atoms with van der Waals surface area (Å²) in [5.41, 5.74) is -0.460. The van der Waals surface area contributed by atoms with Gasteiger partial charge in [0.15, 0.2) is 0 Å². The van der Waals surface area contributed by atoms with Gasteiger partial charge in [-0.3, -0.25) is 0 Å². The standard InChI is InChI=1S/C12H23NO3/c1-12(2,3)16-11(15)13(4)9-6-5-7-10(14)8-9/h9-10,14H,5-8H2,1-4H3/t9-,10-/m0/s1. The molecule has 0 bridgehead atoms. The lowest BCUT2D eigenvalue weighted by atomic mass is 9.92. The van der Waals surface area contributed by atoms with Crippen LogP contribution in [0.25, 0.3) is 0 Å². The van der Waals surface area contributed by atoms with Crippen molar-refractivity contribution in [2.45, 2.75) is 64.2 Å². The molecule has 4 heteroatoms. The van der Waals surface area contributed by atoms with Gasteiger partial charge in [0.05, 0.1) is 6.10 Å². The number of nitrogens with zero attached hydrogens (tertiary/aromatic N) is 1. The van der Waals surface area contributed by atoms with Gasteiger partial charge >= 0.3 is 6.09 Å². The van der Waals surface area contributed by atoms with Gasteiger partial charge in [-0.1, -0.05) is 0 Å². The summed E-state index contributed by atoms with van der Waals surface area (Å²) in [6.45, 7) is 5.57. The second-order valence-corrected chi connectivity index (χ2v) is 5.57. The molecule has 1 aliphatic rings. The van der Waals surface area contributed by atoms with Crippen molar-refractivity contribution in [3.63, 3.8) is 0 Å². The highest BCUT2D eigenvalue weighted by Gasteiger charge is 2.29. The molecule has 0 unspecified atom stereocenters. The predicted molar refractivity (Wildman–Crippen MR) is 62.3 cm³/mol. The Bertz CT molecular complexity index is 247. The van der Waals surface area contributed by atoms with Crippen molar-refractivity contribution in [1.29, 1.82) is 0 Å². The lowest BCUT2D eigenvalue weighted by molar-refractivity contribution is 0.00945. The van der Waals surface area contributed by atoms with Gasteiger partial charge in [0, 0.05) is 13.1 Å². The van der Waals surface area contributed by atoms with Gasteiger partial charge in [0.25, 0.3) is 0 Å². The van der Waals surface area contributed by atoms with E-state index >= 15 is 0 Å². The van der Waals surface area contributed by atoms with Gasteiger partial charge in [0.2, 0.25) is 0 Å². The molecule has 1 amide bonds. The van der Waals surface area contributed by atoms with E-state index in [1.807, 2.05) is 20.8 Å². The molecule has 1 saturated carbocycles. The minimum Gasteiger partial charge on any atom is -0.444 e. The van der Waals surface area contributed by atoms with Gasteiger partial charge in [0.1, 0.15) is 5.60 Å². The maximum Gasteiger partial charge on any atom is 0.410 e. The maximum absolute atomic E-state index is 11.8. The molecule has 16 heavy (non-hydrogen) atoms. The van der Waals surface area contributed by atoms with Crippen LogP contribution in [0.1, 0.15) is 46.5 Å². The van der Waals surface area contributed by atoms with E-state index < -0.39 is 5.60 Å². The number of aliphatic hydroxyl groups is 1. The van der Waals surface area contributed by atoms with Crippen LogP contribution in [-0.2, 0) is 4.74 Å². The second kappa shape index (κ2) is 5.04. The van der Waals surface area contributed by atoms with Gasteiger partial charge < -0.3 is 14.7 Å². The molecule has 1 N–H and O–H groups in total. The minimum atomic E-state index is -0.460. The minimum absolute atomic E-state index is 0.110. The highest BCUT2D eigenvalue weighted by atomic mass is 16.6. The molecule has 0 aromatic carbocycles. The third kappa shape index (κ3) is 4.00. The Balaban J connectivity index is 2.49. The summed E-state index contributed by atoms with van der Waals surface area (Å²) in [4.78, 5) is 13.4. The zero-order valence-electron chi connectivity index (χ0n) is 10.7. The van der Waals surface area contributed by atoms with E-state index in [1.165, 1.54) is 0 Å². The van der Waals surface area contributed by atoms with E-state index in [4.69, 9.17) is 4.74 Å². The number of hydrogen-bond donors (Lipinski definition) is 1. The highest BCUT2D eigenvalue weighted by molar-refractivity contribution is 5.68. The number of amides is 1. The molecule has 0 aliphatic heterocycles. The first-order valence-electron chi connectivity index (χ1n) is 5.93. The predicted octanol–water partition coefficient (Wildman–Crippen LogP) is 2.16. The van der Waals surface area contributed by atoms with Gasteiger partial charge in [-0.2, -0.15) is 0 Å². The fourth-order valence-corrected chi connectivity index (χ4v) is 1.97. The lowest BCUT2D eigenvalue weighted by Gasteiger charge is -2.34. The zero-order valence-corrected chi connectivity index (χ0v) is 10.7. The average Bonchev–Trinajstić information content (AvgIpc) is 2.14. The SMILES string of the molecule is CN(C(=O)OC(C)(C)C)[C@H]1CCC[C@H](O)C1. The molecule has 94 valence electrons. The third-order valence-corrected chi connectivity index (χ3v) is 2.85. The fourth-order valence-electron chi connectivity index (χ4n) is 1.97. The highest BCUT2D eigenvalue weighted by Crippen LogP contribution is 2.23. The summed E-state index contributed by atoms with van der Waals surface area (Å²) in [7, 11) is 1.75. The number of hydrogen-bond acceptors (Lipinski definition) is 3. The fraction of sp³-hybridized carbons (Fsp3) is 0.917. The Morgan fingerprint density at radius 1 is 1.38 bits per heavy atom. The quantitative estimate of drug-likeness (QED) is 0.749. The van der Waals surface area contributed by atoms with Crippen molar-refractivity contribution in [2.24, 2.45) is 0 Å². The van der Waals surface area contributed by atoms with Crippen LogP contribution in [0, 0.1) is 0 Å². The van der Waals surface area contributed by atoms with Crippen LogP contribution >= 0.6 is 0 Å². The van der Waals surface area contributed by atoms with E-state index in [-0.39, 0.29) is 18.2 Å². The van der Waals surface area contributed by atoms with Crippen LogP contribution in [0.3, 0.4) is 0 Å². The Hall–Kier alpha value is -0.770. The molecular formula is C12H23NO3. The van der Waals surface area contributed by atoms with Gasteiger partial charge in [-0.15, -0.1) is 0 Å². The summed E-state index contributed by atoms with van der Waals surface area (Å²) < 4.78 is 5.29. The number of aliphatic hydroxyl groups excluding tert-OH is 1. The topological polar surface area (TPSA) is 49.8 Å². The molecule has 0 aromatic rings. The summed E-state index contributed by atoms with van der Waals surface area (Å²) >= 11 is 0. The van der Waals surface area contributed by atoms with Crippen LogP contribution in [0.5, 0.6) is 0 Å². The molecule has 1 fully saturated rings. The Morgan fingerprint density at radius 3 is 2.50 bits per heavy atom. The molecule has 0 aromatic heterocycles. The molecule has 0 spiro atoms.